The zero-order valence-electron chi connectivity index (χ0n) is 12.9. The number of hydrogen-bond donors (Lipinski definition) is 1. The van der Waals surface area contributed by atoms with Gasteiger partial charge >= 0.3 is 0 Å². The fourth-order valence-corrected chi connectivity index (χ4v) is 2.76. The molecule has 1 N–H and O–H groups in total. The van der Waals surface area contributed by atoms with Crippen LogP contribution in [0.25, 0.3) is 0 Å². The average molecular weight is 277 g/mol. The molecule has 0 aliphatic carbocycles. The topological polar surface area (TPSA) is 37.4 Å². The molecule has 1 aliphatic rings. The van der Waals surface area contributed by atoms with Crippen molar-refractivity contribution in [3.05, 3.63) is 29.6 Å². The van der Waals surface area contributed by atoms with Gasteiger partial charge in [-0.3, -0.25) is 9.88 Å². The molecule has 0 spiro atoms. The summed E-state index contributed by atoms with van der Waals surface area (Å²) in [6.45, 7) is 11.5. The van der Waals surface area contributed by atoms with Crippen molar-refractivity contribution in [2.45, 2.75) is 39.3 Å². The molecule has 0 saturated carbocycles. The second-order valence-corrected chi connectivity index (χ2v) is 5.47. The van der Waals surface area contributed by atoms with Crippen molar-refractivity contribution < 1.29 is 4.74 Å². The second kappa shape index (κ2) is 7.72. The minimum absolute atomic E-state index is 0.207. The molecule has 1 fully saturated rings. The van der Waals surface area contributed by atoms with Crippen LogP contribution in [-0.4, -0.2) is 48.8 Å². The summed E-state index contributed by atoms with van der Waals surface area (Å²) >= 11 is 0. The Morgan fingerprint density at radius 1 is 1.50 bits per heavy atom. The number of nitrogens with one attached hydrogen (secondary N) is 1. The van der Waals surface area contributed by atoms with Gasteiger partial charge in [0, 0.05) is 25.5 Å². The molecule has 0 aromatic carbocycles. The van der Waals surface area contributed by atoms with Gasteiger partial charge in [0.1, 0.15) is 0 Å². The van der Waals surface area contributed by atoms with E-state index in [1.54, 1.807) is 0 Å². The number of ether oxygens (including phenoxy) is 1. The lowest BCUT2D eigenvalue weighted by Gasteiger charge is -2.37. The Morgan fingerprint density at radius 2 is 2.35 bits per heavy atom. The molecule has 0 radical (unpaired) electrons. The largest absolute Gasteiger partial charge is 0.374 e. The van der Waals surface area contributed by atoms with Crippen LogP contribution < -0.4 is 5.32 Å². The number of morpholine rings is 1. The van der Waals surface area contributed by atoms with E-state index in [9.17, 15) is 0 Å². The third kappa shape index (κ3) is 3.78. The van der Waals surface area contributed by atoms with Gasteiger partial charge < -0.3 is 10.1 Å². The Morgan fingerprint density at radius 3 is 3.05 bits per heavy atom. The van der Waals surface area contributed by atoms with Crippen molar-refractivity contribution in [3.63, 3.8) is 0 Å². The van der Waals surface area contributed by atoms with E-state index in [1.165, 1.54) is 11.1 Å². The summed E-state index contributed by atoms with van der Waals surface area (Å²) in [5, 5.41) is 3.65. The van der Waals surface area contributed by atoms with Crippen molar-refractivity contribution in [1.82, 2.24) is 15.2 Å². The van der Waals surface area contributed by atoms with E-state index in [0.29, 0.717) is 0 Å². The molecule has 0 amide bonds. The Labute approximate surface area is 122 Å². The van der Waals surface area contributed by atoms with Gasteiger partial charge in [-0.05, 0) is 43.6 Å². The van der Waals surface area contributed by atoms with Crippen LogP contribution in [0.4, 0.5) is 0 Å². The lowest BCUT2D eigenvalue weighted by Crippen LogP contribution is -2.48. The van der Waals surface area contributed by atoms with Crippen molar-refractivity contribution in [2.75, 3.05) is 32.8 Å². The van der Waals surface area contributed by atoms with Gasteiger partial charge in [-0.2, -0.15) is 0 Å². The van der Waals surface area contributed by atoms with Crippen LogP contribution in [0.2, 0.25) is 0 Å². The molecule has 4 heteroatoms. The van der Waals surface area contributed by atoms with Crippen LogP contribution in [0.3, 0.4) is 0 Å². The first-order valence-electron chi connectivity index (χ1n) is 7.74. The Bertz CT molecular complexity index is 410. The van der Waals surface area contributed by atoms with Crippen LogP contribution in [-0.2, 0) is 4.74 Å². The normalized spacial score (nSPS) is 21.9. The van der Waals surface area contributed by atoms with Crippen molar-refractivity contribution in [1.29, 1.82) is 0 Å². The molecule has 2 unspecified atom stereocenters. The zero-order chi connectivity index (χ0) is 14.4. The molecule has 2 atom stereocenters. The highest BCUT2D eigenvalue weighted by Gasteiger charge is 2.29. The van der Waals surface area contributed by atoms with Crippen LogP contribution in [0.15, 0.2) is 18.5 Å². The van der Waals surface area contributed by atoms with Gasteiger partial charge in [-0.15, -0.1) is 0 Å². The van der Waals surface area contributed by atoms with Gasteiger partial charge in [0.15, 0.2) is 0 Å². The van der Waals surface area contributed by atoms with Crippen LogP contribution in [0.1, 0.15) is 37.4 Å². The van der Waals surface area contributed by atoms with Gasteiger partial charge in [0.2, 0.25) is 0 Å². The maximum Gasteiger partial charge on any atom is 0.0897 e. The van der Waals surface area contributed by atoms with Crippen LogP contribution in [0.5, 0.6) is 0 Å². The van der Waals surface area contributed by atoms with E-state index >= 15 is 0 Å². The number of hydrogen-bond acceptors (Lipinski definition) is 4. The highest BCUT2D eigenvalue weighted by atomic mass is 16.5. The lowest BCUT2D eigenvalue weighted by atomic mass is 9.97. The predicted molar refractivity (Wildman–Crippen MR) is 81.9 cm³/mol. The molecule has 2 rings (SSSR count). The van der Waals surface area contributed by atoms with E-state index in [-0.39, 0.29) is 12.1 Å². The number of likely N-dealkylation sites (N-methyl/N-ethyl adjacent to an activating group) is 1. The smallest absolute Gasteiger partial charge is 0.0897 e. The fourth-order valence-electron chi connectivity index (χ4n) is 2.76. The third-order valence-corrected chi connectivity index (χ3v) is 4.03. The van der Waals surface area contributed by atoms with Crippen molar-refractivity contribution >= 4 is 0 Å². The molecule has 1 aromatic heterocycles. The SMILES string of the molecule is CCCNC(c1cnccc1C)C1CN(CC)CCO1. The van der Waals surface area contributed by atoms with E-state index in [4.69, 9.17) is 4.74 Å². The van der Waals surface area contributed by atoms with Crippen molar-refractivity contribution in [3.8, 4) is 0 Å². The van der Waals surface area contributed by atoms with E-state index in [2.05, 4.69) is 42.0 Å². The first kappa shape index (κ1) is 15.4. The van der Waals surface area contributed by atoms with Gasteiger partial charge in [0.05, 0.1) is 18.8 Å². The molecule has 2 heterocycles. The molecular formula is C16H27N3O. The Balaban J connectivity index is 2.16. The Kier molecular flexibility index (Phi) is 5.95. The molecule has 4 nitrogen and oxygen atoms in total. The second-order valence-electron chi connectivity index (χ2n) is 5.47. The number of nitrogens with zero attached hydrogens (tertiary/aromatic N) is 2. The molecular weight excluding hydrogens is 250 g/mol. The first-order valence-corrected chi connectivity index (χ1v) is 7.74. The molecule has 1 aliphatic heterocycles. The highest BCUT2D eigenvalue weighted by Crippen LogP contribution is 2.24. The minimum Gasteiger partial charge on any atom is -0.374 e. The van der Waals surface area contributed by atoms with Crippen LogP contribution in [0, 0.1) is 6.92 Å². The summed E-state index contributed by atoms with van der Waals surface area (Å²) in [6, 6.07) is 2.31. The lowest BCUT2D eigenvalue weighted by molar-refractivity contribution is -0.0457. The van der Waals surface area contributed by atoms with Crippen LogP contribution >= 0.6 is 0 Å². The summed E-state index contributed by atoms with van der Waals surface area (Å²) in [5.41, 5.74) is 2.55. The summed E-state index contributed by atoms with van der Waals surface area (Å²) in [7, 11) is 0. The quantitative estimate of drug-likeness (QED) is 0.864. The maximum atomic E-state index is 6.05. The molecule has 1 aromatic rings. The van der Waals surface area contributed by atoms with Gasteiger partial charge in [-0.25, -0.2) is 0 Å². The summed E-state index contributed by atoms with van der Waals surface area (Å²) in [5.74, 6) is 0. The first-order chi connectivity index (χ1) is 9.76. The predicted octanol–water partition coefficient (Wildman–Crippen LogP) is 2.15. The van der Waals surface area contributed by atoms with Gasteiger partial charge in [-0.1, -0.05) is 13.8 Å². The number of rotatable bonds is 6. The van der Waals surface area contributed by atoms with Crippen molar-refractivity contribution in [2.24, 2.45) is 0 Å². The van der Waals surface area contributed by atoms with Gasteiger partial charge in [0.25, 0.3) is 0 Å². The number of pyridine rings is 1. The maximum absolute atomic E-state index is 6.05. The fraction of sp³-hybridized carbons (Fsp3) is 0.688. The monoisotopic (exact) mass is 277 g/mol. The zero-order valence-corrected chi connectivity index (χ0v) is 12.9. The summed E-state index contributed by atoms with van der Waals surface area (Å²) < 4.78 is 6.05. The molecule has 1 saturated heterocycles. The van der Waals surface area contributed by atoms with E-state index < -0.39 is 0 Å². The molecule has 0 bridgehead atoms. The summed E-state index contributed by atoms with van der Waals surface area (Å²) in [4.78, 5) is 6.76. The number of aryl methyl sites for hydroxylation is 1. The Hall–Kier alpha value is -0.970. The standard InChI is InChI=1S/C16H27N3O/c1-4-7-18-16(14-11-17-8-6-13(14)3)15-12-19(5-2)9-10-20-15/h6,8,11,15-16,18H,4-5,7,9-10,12H2,1-3H3. The summed E-state index contributed by atoms with van der Waals surface area (Å²) in [6.07, 6.45) is 5.17. The molecule has 20 heavy (non-hydrogen) atoms. The number of aromatic nitrogens is 1. The average Bonchev–Trinajstić information content (AvgIpc) is 2.49. The van der Waals surface area contributed by atoms with E-state index in [0.717, 1.165) is 39.2 Å². The minimum atomic E-state index is 0.207. The van der Waals surface area contributed by atoms with E-state index in [1.807, 2.05) is 12.4 Å². The highest BCUT2D eigenvalue weighted by molar-refractivity contribution is 5.26. The third-order valence-electron chi connectivity index (χ3n) is 4.03. The molecule has 112 valence electrons.